The van der Waals surface area contributed by atoms with Crippen molar-refractivity contribution in [3.05, 3.63) is 41.1 Å². The lowest BCUT2D eigenvalue weighted by atomic mass is 10.1. The fourth-order valence-electron chi connectivity index (χ4n) is 1.61. The van der Waals surface area contributed by atoms with E-state index in [9.17, 15) is 4.79 Å². The van der Waals surface area contributed by atoms with Crippen LogP contribution in [0.1, 0.15) is 21.5 Å². The average molecular weight is 256 g/mol. The third kappa shape index (κ3) is 2.55. The van der Waals surface area contributed by atoms with E-state index in [1.165, 1.54) is 6.20 Å². The summed E-state index contributed by atoms with van der Waals surface area (Å²) >= 11 is 0. The number of carbonyl (C=O) groups excluding carboxylic acids is 1. The highest BCUT2D eigenvalue weighted by Crippen LogP contribution is 2.20. The van der Waals surface area contributed by atoms with Crippen LogP contribution >= 0.6 is 0 Å². The summed E-state index contributed by atoms with van der Waals surface area (Å²) < 4.78 is 5.16. The molecule has 96 valence electrons. The maximum Gasteiger partial charge on any atom is 0.256 e. The summed E-state index contributed by atoms with van der Waals surface area (Å²) in [5.74, 6) is 0.587. The minimum Gasteiger partial charge on any atom is -0.496 e. The van der Waals surface area contributed by atoms with Gasteiger partial charge in [0.25, 0.3) is 5.91 Å². The fourth-order valence-corrected chi connectivity index (χ4v) is 1.61. The van der Waals surface area contributed by atoms with Gasteiger partial charge in [-0.2, -0.15) is 10.4 Å². The van der Waals surface area contributed by atoms with Crippen molar-refractivity contribution in [2.45, 2.75) is 6.92 Å². The van der Waals surface area contributed by atoms with Crippen LogP contribution < -0.4 is 10.1 Å². The number of benzene rings is 1. The first-order chi connectivity index (χ1) is 9.15. The second kappa shape index (κ2) is 5.23. The highest BCUT2D eigenvalue weighted by Gasteiger charge is 2.12. The van der Waals surface area contributed by atoms with E-state index in [4.69, 9.17) is 10.00 Å². The minimum atomic E-state index is -0.334. The van der Waals surface area contributed by atoms with Crippen molar-refractivity contribution in [1.29, 1.82) is 5.26 Å². The third-order valence-corrected chi connectivity index (χ3v) is 2.67. The van der Waals surface area contributed by atoms with Crippen LogP contribution in [-0.2, 0) is 0 Å². The molecule has 1 aromatic heterocycles. The van der Waals surface area contributed by atoms with Crippen LogP contribution in [0.5, 0.6) is 5.75 Å². The summed E-state index contributed by atoms with van der Waals surface area (Å²) in [4.78, 5) is 12.0. The van der Waals surface area contributed by atoms with Gasteiger partial charge in [-0.3, -0.25) is 9.89 Å². The number of ether oxygens (including phenoxy) is 1. The number of nitrogens with one attached hydrogen (secondary N) is 2. The number of hydrogen-bond donors (Lipinski definition) is 2. The summed E-state index contributed by atoms with van der Waals surface area (Å²) in [6.45, 7) is 1.89. The number of aromatic amines is 1. The van der Waals surface area contributed by atoms with Gasteiger partial charge in [-0.1, -0.05) is 6.07 Å². The molecular formula is C13H12N4O2. The molecule has 0 saturated carbocycles. The van der Waals surface area contributed by atoms with Crippen LogP contribution in [0.2, 0.25) is 0 Å². The van der Waals surface area contributed by atoms with Gasteiger partial charge in [-0.05, 0) is 24.6 Å². The van der Waals surface area contributed by atoms with Crippen LogP contribution in [0.3, 0.4) is 0 Å². The van der Waals surface area contributed by atoms with Gasteiger partial charge in [0.15, 0.2) is 0 Å². The van der Waals surface area contributed by atoms with E-state index in [0.29, 0.717) is 11.3 Å². The Bertz CT molecular complexity index is 655. The molecule has 0 aliphatic carbocycles. The molecule has 0 saturated heterocycles. The SMILES string of the molecule is COc1cc(C(=O)Nc2[nH]ncc2C#N)ccc1C. The quantitative estimate of drug-likeness (QED) is 0.876. The molecule has 6 nitrogen and oxygen atoms in total. The van der Waals surface area contributed by atoms with Crippen LogP contribution in [0.15, 0.2) is 24.4 Å². The van der Waals surface area contributed by atoms with Gasteiger partial charge in [0.05, 0.1) is 13.3 Å². The molecule has 0 atom stereocenters. The molecule has 1 heterocycles. The molecule has 0 bridgehead atoms. The fraction of sp³-hybridized carbons (Fsp3) is 0.154. The number of aromatic nitrogens is 2. The number of H-pyrrole nitrogens is 1. The summed E-state index contributed by atoms with van der Waals surface area (Å²) in [7, 11) is 1.55. The van der Waals surface area contributed by atoms with Crippen LogP contribution in [0, 0.1) is 18.3 Å². The molecule has 0 aliphatic heterocycles. The Balaban J connectivity index is 2.23. The first-order valence-corrected chi connectivity index (χ1v) is 5.55. The van der Waals surface area contributed by atoms with Crippen molar-refractivity contribution < 1.29 is 9.53 Å². The van der Waals surface area contributed by atoms with E-state index >= 15 is 0 Å². The Morgan fingerprint density at radius 3 is 3.00 bits per heavy atom. The first-order valence-electron chi connectivity index (χ1n) is 5.55. The molecule has 0 aliphatic rings. The van der Waals surface area contributed by atoms with Crippen LogP contribution in [0.4, 0.5) is 5.82 Å². The number of nitrogens with zero attached hydrogens (tertiary/aromatic N) is 2. The highest BCUT2D eigenvalue weighted by atomic mass is 16.5. The van der Waals surface area contributed by atoms with Gasteiger partial charge in [-0.25, -0.2) is 0 Å². The summed E-state index contributed by atoms with van der Waals surface area (Å²) in [6, 6.07) is 7.06. The molecule has 6 heteroatoms. The van der Waals surface area contributed by atoms with Crippen molar-refractivity contribution in [3.8, 4) is 11.8 Å². The zero-order chi connectivity index (χ0) is 13.8. The number of methoxy groups -OCH3 is 1. The Hall–Kier alpha value is -2.81. The lowest BCUT2D eigenvalue weighted by Gasteiger charge is -2.07. The molecule has 2 N–H and O–H groups in total. The van der Waals surface area contributed by atoms with Gasteiger partial charge in [-0.15, -0.1) is 0 Å². The first kappa shape index (κ1) is 12.6. The van der Waals surface area contributed by atoms with Gasteiger partial charge in [0.1, 0.15) is 23.2 Å². The van der Waals surface area contributed by atoms with Crippen LogP contribution in [0.25, 0.3) is 0 Å². The largest absolute Gasteiger partial charge is 0.496 e. The number of hydrogen-bond acceptors (Lipinski definition) is 4. The van der Waals surface area contributed by atoms with E-state index < -0.39 is 0 Å². The third-order valence-electron chi connectivity index (χ3n) is 2.67. The Labute approximate surface area is 110 Å². The molecule has 0 spiro atoms. The summed E-state index contributed by atoms with van der Waals surface area (Å²) in [5.41, 5.74) is 1.67. The predicted octanol–water partition coefficient (Wildman–Crippen LogP) is 1.85. The Morgan fingerprint density at radius 2 is 2.32 bits per heavy atom. The van der Waals surface area contributed by atoms with Crippen molar-refractivity contribution in [2.75, 3.05) is 12.4 Å². The molecule has 0 fully saturated rings. The van der Waals surface area contributed by atoms with E-state index in [0.717, 1.165) is 5.56 Å². The van der Waals surface area contributed by atoms with Crippen molar-refractivity contribution >= 4 is 11.7 Å². The lowest BCUT2D eigenvalue weighted by molar-refractivity contribution is 0.102. The number of nitriles is 1. The summed E-state index contributed by atoms with van der Waals surface area (Å²) in [6.07, 6.45) is 1.35. The Kier molecular flexibility index (Phi) is 3.48. The average Bonchev–Trinajstić information content (AvgIpc) is 2.86. The molecular weight excluding hydrogens is 244 g/mol. The number of carbonyl (C=O) groups is 1. The molecule has 2 rings (SSSR count). The van der Waals surface area contributed by atoms with Crippen molar-refractivity contribution in [1.82, 2.24) is 10.2 Å². The van der Waals surface area contributed by atoms with Crippen molar-refractivity contribution in [3.63, 3.8) is 0 Å². The topological polar surface area (TPSA) is 90.8 Å². The monoisotopic (exact) mass is 256 g/mol. The number of rotatable bonds is 3. The number of aryl methyl sites for hydroxylation is 1. The van der Waals surface area contributed by atoms with E-state index in [2.05, 4.69) is 15.5 Å². The maximum absolute atomic E-state index is 12.0. The number of anilines is 1. The zero-order valence-electron chi connectivity index (χ0n) is 10.5. The predicted molar refractivity (Wildman–Crippen MR) is 69.0 cm³/mol. The molecule has 0 unspecified atom stereocenters. The summed E-state index contributed by atoms with van der Waals surface area (Å²) in [5, 5.41) is 17.7. The zero-order valence-corrected chi connectivity index (χ0v) is 10.5. The highest BCUT2D eigenvalue weighted by molar-refractivity contribution is 6.04. The minimum absolute atomic E-state index is 0.284. The standard InChI is InChI=1S/C13H12N4O2/c1-8-3-4-9(5-11(8)19-2)13(18)16-12-10(6-14)7-15-17-12/h3-5,7H,1-2H3,(H2,15,16,17,18). The van der Waals surface area contributed by atoms with Gasteiger partial charge in [0, 0.05) is 5.56 Å². The lowest BCUT2D eigenvalue weighted by Crippen LogP contribution is -2.13. The van der Waals surface area contributed by atoms with Gasteiger partial charge in [0.2, 0.25) is 0 Å². The number of amides is 1. The second-order valence-corrected chi connectivity index (χ2v) is 3.91. The van der Waals surface area contributed by atoms with E-state index in [-0.39, 0.29) is 17.3 Å². The van der Waals surface area contributed by atoms with E-state index in [1.807, 2.05) is 13.0 Å². The van der Waals surface area contributed by atoms with Crippen LogP contribution in [-0.4, -0.2) is 23.2 Å². The Morgan fingerprint density at radius 1 is 1.53 bits per heavy atom. The maximum atomic E-state index is 12.0. The van der Waals surface area contributed by atoms with E-state index in [1.54, 1.807) is 25.3 Å². The van der Waals surface area contributed by atoms with Gasteiger partial charge >= 0.3 is 0 Å². The second-order valence-electron chi connectivity index (χ2n) is 3.91. The smallest absolute Gasteiger partial charge is 0.256 e. The van der Waals surface area contributed by atoms with Gasteiger partial charge < -0.3 is 10.1 Å². The molecule has 1 aromatic carbocycles. The molecule has 0 radical (unpaired) electrons. The molecule has 1 amide bonds. The van der Waals surface area contributed by atoms with Crippen molar-refractivity contribution in [2.24, 2.45) is 0 Å². The normalized spacial score (nSPS) is 9.74. The molecule has 2 aromatic rings. The molecule has 19 heavy (non-hydrogen) atoms.